The molecule has 0 saturated heterocycles. The summed E-state index contributed by atoms with van der Waals surface area (Å²) in [5.41, 5.74) is 2.44. The van der Waals surface area contributed by atoms with Crippen molar-refractivity contribution in [3.8, 4) is 0 Å². The summed E-state index contributed by atoms with van der Waals surface area (Å²) in [7, 11) is 0. The zero-order valence-electron chi connectivity index (χ0n) is 11.4. The lowest BCUT2D eigenvalue weighted by Gasteiger charge is -2.05. The first-order valence-corrected chi connectivity index (χ1v) is 6.55. The first kappa shape index (κ1) is 13.1. The van der Waals surface area contributed by atoms with Crippen molar-refractivity contribution in [2.24, 2.45) is 0 Å². The number of carbonyl (C=O) groups is 1. The number of aryl methyl sites for hydroxylation is 1. The van der Waals surface area contributed by atoms with Crippen LogP contribution in [0.25, 0.3) is 5.65 Å². The number of nitrogens with one attached hydrogen (secondary N) is 3. The molecule has 3 heterocycles. The van der Waals surface area contributed by atoms with Crippen LogP contribution in [0.3, 0.4) is 0 Å². The Hall–Kier alpha value is -2.90. The van der Waals surface area contributed by atoms with E-state index in [9.17, 15) is 9.59 Å². The van der Waals surface area contributed by atoms with Crippen molar-refractivity contribution < 1.29 is 4.79 Å². The van der Waals surface area contributed by atoms with Gasteiger partial charge >= 0.3 is 5.69 Å². The second kappa shape index (κ2) is 5.23. The molecule has 0 bridgehead atoms. The number of fused-ring (bicyclic) bond motifs is 1. The summed E-state index contributed by atoms with van der Waals surface area (Å²) in [5, 5.41) is 15.7. The topological polar surface area (TPSA) is 108 Å². The highest BCUT2D eigenvalue weighted by atomic mass is 16.2. The van der Waals surface area contributed by atoms with Crippen molar-refractivity contribution in [2.75, 3.05) is 0 Å². The van der Waals surface area contributed by atoms with Gasteiger partial charge in [-0.2, -0.15) is 10.2 Å². The van der Waals surface area contributed by atoms with E-state index in [0.29, 0.717) is 17.8 Å². The lowest BCUT2D eigenvalue weighted by Crippen LogP contribution is -2.24. The number of nitrogens with zero attached hydrogens (tertiary/aromatic N) is 3. The Labute approximate surface area is 119 Å². The van der Waals surface area contributed by atoms with E-state index in [4.69, 9.17) is 0 Å². The molecule has 0 saturated carbocycles. The van der Waals surface area contributed by atoms with E-state index >= 15 is 0 Å². The molecular formula is C13H14N6O2. The lowest BCUT2D eigenvalue weighted by molar-refractivity contribution is 0.0950. The van der Waals surface area contributed by atoms with Crippen molar-refractivity contribution in [3.63, 3.8) is 0 Å². The summed E-state index contributed by atoms with van der Waals surface area (Å²) in [4.78, 5) is 23.6. The van der Waals surface area contributed by atoms with Crippen LogP contribution >= 0.6 is 0 Å². The number of hydrogen-bond donors (Lipinski definition) is 3. The third kappa shape index (κ3) is 2.42. The minimum atomic E-state index is -0.374. The average Bonchev–Trinajstić information content (AvgIpc) is 3.11. The second-order valence-electron chi connectivity index (χ2n) is 4.58. The summed E-state index contributed by atoms with van der Waals surface area (Å²) in [6.45, 7) is 2.38. The van der Waals surface area contributed by atoms with Crippen LogP contribution in [-0.2, 0) is 13.0 Å². The number of amides is 1. The van der Waals surface area contributed by atoms with Crippen LogP contribution in [-0.4, -0.2) is 30.7 Å². The molecule has 21 heavy (non-hydrogen) atoms. The smallest absolute Gasteiger partial charge is 0.346 e. The molecule has 3 aromatic rings. The van der Waals surface area contributed by atoms with Gasteiger partial charge in [0.1, 0.15) is 0 Å². The molecule has 0 unspecified atom stereocenters. The van der Waals surface area contributed by atoms with Crippen molar-refractivity contribution in [2.45, 2.75) is 19.9 Å². The molecule has 0 aromatic carbocycles. The first-order chi connectivity index (χ1) is 10.2. The van der Waals surface area contributed by atoms with Crippen LogP contribution in [0.2, 0.25) is 0 Å². The van der Waals surface area contributed by atoms with Crippen molar-refractivity contribution in [3.05, 3.63) is 51.8 Å². The molecule has 8 nitrogen and oxygen atoms in total. The first-order valence-electron chi connectivity index (χ1n) is 6.55. The van der Waals surface area contributed by atoms with Gasteiger partial charge in [0.2, 0.25) is 0 Å². The van der Waals surface area contributed by atoms with Crippen LogP contribution in [0.15, 0.2) is 29.3 Å². The fourth-order valence-corrected chi connectivity index (χ4v) is 2.11. The molecule has 3 N–H and O–H groups in total. The van der Waals surface area contributed by atoms with Crippen LogP contribution in [0.1, 0.15) is 28.5 Å². The van der Waals surface area contributed by atoms with E-state index in [-0.39, 0.29) is 11.6 Å². The standard InChI is InChI=1S/C13H14N6O2/c1-2-8-5-15-16-10(8)6-14-12(20)9-3-4-11-17-18-13(21)19(11)7-9/h3-5,7H,2,6H2,1H3,(H,14,20)(H,15,16)(H,18,21). The van der Waals surface area contributed by atoms with Gasteiger partial charge in [-0.15, -0.1) is 0 Å². The Morgan fingerprint density at radius 2 is 2.24 bits per heavy atom. The van der Waals surface area contributed by atoms with Crippen molar-refractivity contribution in [1.82, 2.24) is 30.1 Å². The van der Waals surface area contributed by atoms with Crippen LogP contribution in [0, 0.1) is 0 Å². The molecule has 0 radical (unpaired) electrons. The molecule has 8 heteroatoms. The summed E-state index contributed by atoms with van der Waals surface area (Å²) in [5.74, 6) is -0.262. The minimum absolute atomic E-state index is 0.262. The van der Waals surface area contributed by atoms with E-state index in [1.807, 2.05) is 6.92 Å². The molecule has 1 amide bonds. The monoisotopic (exact) mass is 286 g/mol. The number of pyridine rings is 1. The van der Waals surface area contributed by atoms with E-state index in [1.54, 1.807) is 18.3 Å². The number of carbonyl (C=O) groups excluding carboxylic acids is 1. The quantitative estimate of drug-likeness (QED) is 0.638. The van der Waals surface area contributed by atoms with E-state index in [0.717, 1.165) is 17.7 Å². The Morgan fingerprint density at radius 3 is 3.05 bits per heavy atom. The number of aromatic amines is 2. The minimum Gasteiger partial charge on any atom is -0.346 e. The molecule has 0 spiro atoms. The number of rotatable bonds is 4. The Kier molecular flexibility index (Phi) is 3.27. The third-order valence-electron chi connectivity index (χ3n) is 3.29. The number of hydrogen-bond acceptors (Lipinski definition) is 4. The Bertz CT molecular complexity index is 844. The molecule has 3 aromatic heterocycles. The largest absolute Gasteiger partial charge is 0.347 e. The molecular weight excluding hydrogens is 272 g/mol. The maximum Gasteiger partial charge on any atom is 0.347 e. The summed E-state index contributed by atoms with van der Waals surface area (Å²) >= 11 is 0. The highest BCUT2D eigenvalue weighted by Gasteiger charge is 2.10. The molecule has 108 valence electrons. The number of aromatic nitrogens is 5. The fraction of sp³-hybridized carbons (Fsp3) is 0.231. The molecule has 0 aliphatic rings. The predicted octanol–water partition coefficient (Wildman–Crippen LogP) is 0.238. The highest BCUT2D eigenvalue weighted by molar-refractivity contribution is 5.94. The van der Waals surface area contributed by atoms with Gasteiger partial charge in [0.15, 0.2) is 5.65 Å². The molecule has 0 atom stereocenters. The van der Waals surface area contributed by atoms with Crippen LogP contribution < -0.4 is 11.0 Å². The van der Waals surface area contributed by atoms with Gasteiger partial charge in [0.25, 0.3) is 5.91 Å². The van der Waals surface area contributed by atoms with Gasteiger partial charge in [-0.25, -0.2) is 14.3 Å². The van der Waals surface area contributed by atoms with Gasteiger partial charge in [-0.3, -0.25) is 9.89 Å². The van der Waals surface area contributed by atoms with Crippen LogP contribution in [0.5, 0.6) is 0 Å². The van der Waals surface area contributed by atoms with Gasteiger partial charge in [0, 0.05) is 6.20 Å². The van der Waals surface area contributed by atoms with Gasteiger partial charge in [-0.05, 0) is 24.1 Å². The third-order valence-corrected chi connectivity index (χ3v) is 3.29. The average molecular weight is 286 g/mol. The molecule has 0 fully saturated rings. The van der Waals surface area contributed by atoms with Gasteiger partial charge in [-0.1, -0.05) is 6.92 Å². The molecule has 0 aliphatic heterocycles. The van der Waals surface area contributed by atoms with Gasteiger partial charge < -0.3 is 5.32 Å². The predicted molar refractivity (Wildman–Crippen MR) is 74.9 cm³/mol. The normalized spacial score (nSPS) is 10.9. The second-order valence-corrected chi connectivity index (χ2v) is 4.58. The van der Waals surface area contributed by atoms with E-state index < -0.39 is 0 Å². The Balaban J connectivity index is 1.77. The highest BCUT2D eigenvalue weighted by Crippen LogP contribution is 2.06. The SMILES string of the molecule is CCc1cn[nH]c1CNC(=O)c1ccc2n[nH]c(=O)n2c1. The fourth-order valence-electron chi connectivity index (χ4n) is 2.11. The van der Waals surface area contributed by atoms with E-state index in [1.165, 1.54) is 10.6 Å². The maximum absolute atomic E-state index is 12.1. The van der Waals surface area contributed by atoms with Crippen molar-refractivity contribution >= 4 is 11.6 Å². The molecule has 3 rings (SSSR count). The zero-order valence-corrected chi connectivity index (χ0v) is 11.4. The zero-order chi connectivity index (χ0) is 14.8. The number of H-pyrrole nitrogens is 2. The maximum atomic E-state index is 12.1. The van der Waals surface area contributed by atoms with Crippen LogP contribution in [0.4, 0.5) is 0 Å². The van der Waals surface area contributed by atoms with E-state index in [2.05, 4.69) is 25.7 Å². The van der Waals surface area contributed by atoms with Gasteiger partial charge in [0.05, 0.1) is 24.0 Å². The Morgan fingerprint density at radius 1 is 1.38 bits per heavy atom. The summed E-state index contributed by atoms with van der Waals surface area (Å²) in [6, 6.07) is 3.24. The molecule has 0 aliphatic carbocycles. The van der Waals surface area contributed by atoms with Crippen molar-refractivity contribution in [1.29, 1.82) is 0 Å². The summed E-state index contributed by atoms with van der Waals surface area (Å²) < 4.78 is 1.29. The lowest BCUT2D eigenvalue weighted by atomic mass is 10.2. The summed E-state index contributed by atoms with van der Waals surface area (Å²) in [6.07, 6.45) is 4.06.